The molecule has 2 amide bonds. The van der Waals surface area contributed by atoms with Crippen LogP contribution in [0, 0.1) is 6.92 Å². The fraction of sp³-hybridized carbons (Fsp3) is 0.706. The molecule has 0 bridgehead atoms. The van der Waals surface area contributed by atoms with Gasteiger partial charge in [-0.3, -0.25) is 9.59 Å². The van der Waals surface area contributed by atoms with E-state index in [9.17, 15) is 9.59 Å². The number of aromatic nitrogens is 1. The van der Waals surface area contributed by atoms with Crippen molar-refractivity contribution >= 4 is 11.8 Å². The van der Waals surface area contributed by atoms with Gasteiger partial charge < -0.3 is 19.5 Å². The lowest BCUT2D eigenvalue weighted by molar-refractivity contribution is -0.129. The normalized spacial score (nSPS) is 17.8. The van der Waals surface area contributed by atoms with E-state index in [1.165, 1.54) is 0 Å². The van der Waals surface area contributed by atoms with Crippen molar-refractivity contribution in [3.8, 4) is 0 Å². The quantitative estimate of drug-likeness (QED) is 0.772. The highest BCUT2D eigenvalue weighted by atomic mass is 16.4. The summed E-state index contributed by atoms with van der Waals surface area (Å²) in [5.74, 6) is 0.850. The fourth-order valence-corrected chi connectivity index (χ4v) is 2.96. The van der Waals surface area contributed by atoms with Gasteiger partial charge in [-0.1, -0.05) is 6.92 Å². The molecular weight excluding hydrogens is 308 g/mol. The van der Waals surface area contributed by atoms with Gasteiger partial charge in [-0.05, 0) is 33.9 Å². The van der Waals surface area contributed by atoms with E-state index in [4.69, 9.17) is 4.42 Å². The maximum Gasteiger partial charge on any atom is 0.289 e. The topological polar surface area (TPSA) is 78.7 Å². The highest BCUT2D eigenvalue weighted by Crippen LogP contribution is 2.21. The molecule has 7 nitrogen and oxygen atoms in total. The summed E-state index contributed by atoms with van der Waals surface area (Å²) in [6.07, 6.45) is 2.90. The Labute approximate surface area is 143 Å². The minimum absolute atomic E-state index is 0.208. The molecule has 1 aromatic rings. The zero-order valence-corrected chi connectivity index (χ0v) is 15.1. The van der Waals surface area contributed by atoms with Crippen molar-refractivity contribution in [2.75, 3.05) is 33.7 Å². The summed E-state index contributed by atoms with van der Waals surface area (Å²) in [5, 5.41) is 2.88. The molecule has 1 fully saturated rings. The third kappa shape index (κ3) is 4.56. The minimum atomic E-state index is -0.233. The van der Waals surface area contributed by atoms with E-state index in [2.05, 4.69) is 15.2 Å². The zero-order chi connectivity index (χ0) is 17.7. The molecule has 0 aliphatic carbocycles. The molecule has 2 heterocycles. The van der Waals surface area contributed by atoms with Crippen LogP contribution in [0.15, 0.2) is 4.42 Å². The van der Waals surface area contributed by atoms with Gasteiger partial charge in [-0.2, -0.15) is 0 Å². The van der Waals surface area contributed by atoms with Crippen molar-refractivity contribution in [1.29, 1.82) is 0 Å². The standard InChI is InChI=1S/C17H28N4O3/c1-5-14-19-12(2)16(24-14)17(23)18-9-8-13-6-7-15(22)21(13)11-10-20(3)4/h13H,5-11H2,1-4H3,(H,18,23). The van der Waals surface area contributed by atoms with Crippen molar-refractivity contribution in [1.82, 2.24) is 20.1 Å². The van der Waals surface area contributed by atoms with Gasteiger partial charge in [0.05, 0.1) is 5.69 Å². The van der Waals surface area contributed by atoms with Crippen LogP contribution in [-0.2, 0) is 11.2 Å². The van der Waals surface area contributed by atoms with Gasteiger partial charge in [0.2, 0.25) is 11.7 Å². The van der Waals surface area contributed by atoms with E-state index in [-0.39, 0.29) is 17.9 Å². The van der Waals surface area contributed by atoms with Gasteiger partial charge in [0, 0.05) is 38.5 Å². The molecule has 1 aliphatic rings. The lowest BCUT2D eigenvalue weighted by Crippen LogP contribution is -2.40. The Hall–Kier alpha value is -1.89. The molecule has 24 heavy (non-hydrogen) atoms. The Balaban J connectivity index is 1.83. The molecule has 0 spiro atoms. The lowest BCUT2D eigenvalue weighted by Gasteiger charge is -2.26. The Morgan fingerprint density at radius 3 is 2.83 bits per heavy atom. The van der Waals surface area contributed by atoms with Gasteiger partial charge in [0.25, 0.3) is 5.91 Å². The Bertz CT molecular complexity index is 582. The first-order valence-electron chi connectivity index (χ1n) is 8.61. The number of likely N-dealkylation sites (N-methyl/N-ethyl adjacent to an activating group) is 1. The SMILES string of the molecule is CCc1nc(C)c(C(=O)NCCC2CCC(=O)N2CCN(C)C)o1. The van der Waals surface area contributed by atoms with Gasteiger partial charge in [0.15, 0.2) is 5.89 Å². The summed E-state index contributed by atoms with van der Waals surface area (Å²) in [4.78, 5) is 32.4. The average molecular weight is 336 g/mol. The van der Waals surface area contributed by atoms with Crippen molar-refractivity contribution in [3.63, 3.8) is 0 Å². The van der Waals surface area contributed by atoms with E-state index < -0.39 is 0 Å². The Morgan fingerprint density at radius 1 is 1.46 bits per heavy atom. The molecule has 1 atom stereocenters. The lowest BCUT2D eigenvalue weighted by atomic mass is 10.1. The second kappa shape index (κ2) is 8.28. The number of hydrogen-bond acceptors (Lipinski definition) is 5. The largest absolute Gasteiger partial charge is 0.435 e. The number of likely N-dealkylation sites (tertiary alicyclic amines) is 1. The van der Waals surface area contributed by atoms with E-state index >= 15 is 0 Å². The minimum Gasteiger partial charge on any atom is -0.435 e. The maximum absolute atomic E-state index is 12.2. The number of hydrogen-bond donors (Lipinski definition) is 1. The summed E-state index contributed by atoms with van der Waals surface area (Å²) in [6.45, 7) is 5.83. The third-order valence-corrected chi connectivity index (χ3v) is 4.35. The van der Waals surface area contributed by atoms with Crippen LogP contribution in [-0.4, -0.2) is 66.4 Å². The number of carbonyl (C=O) groups is 2. The first kappa shape index (κ1) is 18.4. The molecule has 7 heteroatoms. The Morgan fingerprint density at radius 2 is 2.21 bits per heavy atom. The summed E-state index contributed by atoms with van der Waals surface area (Å²) in [7, 11) is 4.00. The van der Waals surface area contributed by atoms with E-state index in [1.54, 1.807) is 6.92 Å². The molecule has 0 aromatic carbocycles. The maximum atomic E-state index is 12.2. The zero-order valence-electron chi connectivity index (χ0n) is 15.1. The first-order valence-corrected chi connectivity index (χ1v) is 8.61. The van der Waals surface area contributed by atoms with Crippen LogP contribution >= 0.6 is 0 Å². The van der Waals surface area contributed by atoms with E-state index in [0.29, 0.717) is 36.7 Å². The second-order valence-electron chi connectivity index (χ2n) is 6.50. The van der Waals surface area contributed by atoms with Gasteiger partial charge in [-0.25, -0.2) is 4.98 Å². The predicted octanol–water partition coefficient (Wildman–Crippen LogP) is 1.22. The molecule has 0 saturated carbocycles. The molecule has 1 aliphatic heterocycles. The molecular formula is C17H28N4O3. The number of aryl methyl sites for hydroxylation is 2. The molecule has 1 aromatic heterocycles. The number of carbonyl (C=O) groups excluding carboxylic acids is 2. The van der Waals surface area contributed by atoms with Crippen LogP contribution in [0.1, 0.15) is 48.3 Å². The molecule has 1 N–H and O–H groups in total. The number of rotatable bonds is 8. The van der Waals surface area contributed by atoms with E-state index in [0.717, 1.165) is 25.9 Å². The van der Waals surface area contributed by atoms with Gasteiger partial charge in [0.1, 0.15) is 0 Å². The van der Waals surface area contributed by atoms with Crippen LogP contribution in [0.4, 0.5) is 0 Å². The summed E-state index contributed by atoms with van der Waals surface area (Å²) >= 11 is 0. The number of nitrogens with one attached hydrogen (secondary N) is 1. The number of amides is 2. The highest BCUT2D eigenvalue weighted by Gasteiger charge is 2.30. The molecule has 0 radical (unpaired) electrons. The monoisotopic (exact) mass is 336 g/mol. The van der Waals surface area contributed by atoms with Crippen LogP contribution < -0.4 is 5.32 Å². The fourth-order valence-electron chi connectivity index (χ4n) is 2.96. The van der Waals surface area contributed by atoms with Crippen molar-refractivity contribution < 1.29 is 14.0 Å². The predicted molar refractivity (Wildman–Crippen MR) is 90.9 cm³/mol. The summed E-state index contributed by atoms with van der Waals surface area (Å²) in [6, 6.07) is 0.208. The van der Waals surface area contributed by atoms with Crippen molar-refractivity contribution in [2.45, 2.75) is 45.6 Å². The van der Waals surface area contributed by atoms with Crippen LogP contribution in [0.25, 0.3) is 0 Å². The summed E-state index contributed by atoms with van der Waals surface area (Å²) < 4.78 is 5.46. The van der Waals surface area contributed by atoms with Gasteiger partial charge >= 0.3 is 0 Å². The number of oxazole rings is 1. The van der Waals surface area contributed by atoms with Crippen LogP contribution in [0.2, 0.25) is 0 Å². The first-order chi connectivity index (χ1) is 11.4. The van der Waals surface area contributed by atoms with Crippen LogP contribution in [0.5, 0.6) is 0 Å². The van der Waals surface area contributed by atoms with E-state index in [1.807, 2.05) is 25.9 Å². The smallest absolute Gasteiger partial charge is 0.289 e. The van der Waals surface area contributed by atoms with Crippen molar-refractivity contribution in [3.05, 3.63) is 17.3 Å². The molecule has 1 unspecified atom stereocenters. The summed E-state index contributed by atoms with van der Waals surface area (Å²) in [5.41, 5.74) is 0.619. The van der Waals surface area contributed by atoms with Crippen LogP contribution in [0.3, 0.4) is 0 Å². The van der Waals surface area contributed by atoms with Gasteiger partial charge in [-0.15, -0.1) is 0 Å². The molecule has 1 saturated heterocycles. The molecule has 2 rings (SSSR count). The second-order valence-corrected chi connectivity index (χ2v) is 6.50. The van der Waals surface area contributed by atoms with Crippen molar-refractivity contribution in [2.24, 2.45) is 0 Å². The molecule has 134 valence electrons. The highest BCUT2D eigenvalue weighted by molar-refractivity contribution is 5.92. The average Bonchev–Trinajstić information content (AvgIpc) is 3.08. The Kier molecular flexibility index (Phi) is 6.36. The third-order valence-electron chi connectivity index (χ3n) is 4.35. The number of nitrogens with zero attached hydrogens (tertiary/aromatic N) is 3.